The maximum Gasteiger partial charge on any atom is 0.274 e. The minimum absolute atomic E-state index is 0.162. The van der Waals surface area contributed by atoms with Gasteiger partial charge in [-0.2, -0.15) is 20.4 Å². The number of fused-ring (bicyclic) bond motifs is 3. The molecule has 27 heteroatoms. The van der Waals surface area contributed by atoms with E-state index in [1.807, 2.05) is 42.5 Å². The van der Waals surface area contributed by atoms with E-state index in [9.17, 15) is 23.6 Å². The first-order valence-corrected chi connectivity index (χ1v) is 30.1. The van der Waals surface area contributed by atoms with E-state index in [-0.39, 0.29) is 49.6 Å². The Balaban J connectivity index is 0.000000123. The Morgan fingerprint density at radius 1 is 0.375 bits per heavy atom. The van der Waals surface area contributed by atoms with Gasteiger partial charge < -0.3 is 52.1 Å². The summed E-state index contributed by atoms with van der Waals surface area (Å²) in [6, 6.07) is 39.4. The number of nitrogens with zero attached hydrogens (tertiary/aromatic N) is 11. The van der Waals surface area contributed by atoms with Crippen LogP contribution in [0.5, 0.6) is 63.6 Å². The monoisotopic (exact) mass is 1300 g/mol. The van der Waals surface area contributed by atoms with Gasteiger partial charge in [0.05, 0.1) is 90.3 Å². The number of hydrazone groups is 4. The molecule has 0 spiro atoms. The summed E-state index contributed by atoms with van der Waals surface area (Å²) in [7, 11) is 7.87. The molecule has 0 radical (unpaired) electrons. The number of carbonyl (C=O) groups excluding carboxylic acids is 4. The summed E-state index contributed by atoms with van der Waals surface area (Å²) < 4.78 is 70.7. The van der Waals surface area contributed by atoms with Crippen LogP contribution in [0.25, 0.3) is 0 Å². The van der Waals surface area contributed by atoms with Crippen LogP contribution in [0.3, 0.4) is 0 Å². The van der Waals surface area contributed by atoms with E-state index in [1.165, 1.54) is 38.2 Å². The van der Waals surface area contributed by atoms with Crippen molar-refractivity contribution in [3.63, 3.8) is 0 Å². The van der Waals surface area contributed by atoms with Crippen LogP contribution in [0, 0.1) is 5.82 Å². The molecule has 0 bridgehead atoms. The van der Waals surface area contributed by atoms with Gasteiger partial charge in [-0.05, 0) is 109 Å². The molecule has 7 aliphatic rings. The minimum atomic E-state index is -0.436. The Bertz CT molecular complexity index is 4380. The number of methoxy groups -OCH3 is 5. The van der Waals surface area contributed by atoms with Gasteiger partial charge in [0, 0.05) is 95.2 Å². The number of hydrogen-bond acceptors (Lipinski definition) is 22. The highest BCUT2D eigenvalue weighted by molar-refractivity contribution is 6.07. The van der Waals surface area contributed by atoms with Gasteiger partial charge in [-0.1, -0.05) is 12.1 Å². The fourth-order valence-corrected chi connectivity index (χ4v) is 10.6. The molecule has 7 aliphatic heterocycles. The smallest absolute Gasteiger partial charge is 0.274 e. The first-order chi connectivity index (χ1) is 46.8. The van der Waals surface area contributed by atoms with Gasteiger partial charge >= 0.3 is 0 Å². The largest absolute Gasteiger partial charge is 0.493 e. The third-order valence-corrected chi connectivity index (χ3v) is 15.6. The summed E-state index contributed by atoms with van der Waals surface area (Å²) in [4.78, 5) is 62.9. The molecule has 4 amide bonds. The van der Waals surface area contributed by atoms with E-state index >= 15 is 0 Å². The second-order valence-electron chi connectivity index (χ2n) is 21.4. The van der Waals surface area contributed by atoms with E-state index in [2.05, 4.69) is 35.4 Å². The number of rotatable bonds is 13. The predicted octanol–water partition coefficient (Wildman–Crippen LogP) is 9.30. The lowest BCUT2D eigenvalue weighted by Crippen LogP contribution is -2.23. The molecule has 5 aromatic carbocycles. The molecule has 26 nitrogen and oxygen atoms in total. The number of amides is 4. The summed E-state index contributed by atoms with van der Waals surface area (Å²) in [5.41, 5.74) is 8.41. The summed E-state index contributed by atoms with van der Waals surface area (Å²) in [6.45, 7) is 2.59. The van der Waals surface area contributed by atoms with Crippen molar-refractivity contribution in [1.29, 1.82) is 0 Å². The average molecular weight is 1300 g/mol. The zero-order chi connectivity index (χ0) is 66.7. The highest BCUT2D eigenvalue weighted by Crippen LogP contribution is 2.37. The van der Waals surface area contributed by atoms with E-state index in [1.54, 1.807) is 127 Å². The van der Waals surface area contributed by atoms with Crippen LogP contribution in [0.4, 0.5) is 4.39 Å². The Morgan fingerprint density at radius 3 is 1.19 bits per heavy atom. The lowest BCUT2D eigenvalue weighted by atomic mass is 10.1. The van der Waals surface area contributed by atoms with Gasteiger partial charge in [0.2, 0.25) is 38.0 Å². The Kier molecular flexibility index (Phi) is 19.5. The summed E-state index contributed by atoms with van der Waals surface area (Å²) in [6.07, 6.45) is 6.00. The van der Waals surface area contributed by atoms with Crippen molar-refractivity contribution in [3.05, 3.63) is 202 Å². The number of ether oxygens (including phenoxy) is 11. The highest BCUT2D eigenvalue weighted by Gasteiger charge is 2.30. The van der Waals surface area contributed by atoms with Crippen molar-refractivity contribution >= 4 is 46.5 Å². The molecule has 490 valence electrons. The van der Waals surface area contributed by atoms with Crippen LogP contribution >= 0.6 is 0 Å². The third-order valence-electron chi connectivity index (χ3n) is 15.6. The average Bonchev–Trinajstić information content (AvgIpc) is 1.76. The number of aromatic nitrogens is 3. The van der Waals surface area contributed by atoms with Crippen LogP contribution in [0.2, 0.25) is 0 Å². The number of benzene rings is 5. The fraction of sp³-hybridized carbons (Fsp3) is 0.232. The molecule has 10 heterocycles. The molecular weight excluding hydrogens is 1240 g/mol. The standard InChI is InChI=1S/C19H18N2O5.2C17H15N3O4.C16H14FN3O2/c1-23-15-5-3-12(9-17(15)24-2)14-7-8-21(20-14)19(22)13-4-6-16-18(10-13)26-11-25-16;1-22-16-5-3-12(9-18-16)13-6-7-20(19-13)17(21)11-2-4-14-15(8-11)24-10-23-14;1-22-16-4-2-3-12(18-16)13-7-8-20(19-13)17(21)11-5-6-14-15(9-11)24-10-23-14;1-22-15-6-5-12(10-18-15)14-7-8-20(19-14)16(21)11-3-2-4-13(17)9-11/h3-6,9-10H,7-8,11H2,1-2H3;2-5,8-9H,6-7,10H2,1H3;2-6,9H,7-8,10H2,1H3;2-6,9-10H,7-8H2,1H3. The van der Waals surface area contributed by atoms with Crippen LogP contribution in [0.1, 0.15) is 89.5 Å². The van der Waals surface area contributed by atoms with Crippen molar-refractivity contribution < 1.29 is 75.7 Å². The van der Waals surface area contributed by atoms with Crippen molar-refractivity contribution in [2.75, 3.05) is 82.1 Å². The Hall–Kier alpha value is -12.2. The Morgan fingerprint density at radius 2 is 0.771 bits per heavy atom. The summed E-state index contributed by atoms with van der Waals surface area (Å²) in [5, 5.41) is 23.4. The first kappa shape index (κ1) is 64.0. The minimum Gasteiger partial charge on any atom is -0.493 e. The first-order valence-electron chi connectivity index (χ1n) is 30.1. The maximum atomic E-state index is 13.2. The summed E-state index contributed by atoms with van der Waals surface area (Å²) >= 11 is 0. The third kappa shape index (κ3) is 14.5. The molecule has 0 fully saturated rings. The summed E-state index contributed by atoms with van der Waals surface area (Å²) in [5.74, 6) is 5.34. The maximum absolute atomic E-state index is 13.2. The molecule has 3 aromatic heterocycles. The fourth-order valence-electron chi connectivity index (χ4n) is 10.6. The van der Waals surface area contributed by atoms with E-state index in [4.69, 9.17) is 52.1 Å². The molecule has 0 saturated heterocycles. The zero-order valence-electron chi connectivity index (χ0n) is 52.6. The zero-order valence-corrected chi connectivity index (χ0v) is 52.6. The van der Waals surface area contributed by atoms with Crippen LogP contribution in [0.15, 0.2) is 172 Å². The van der Waals surface area contributed by atoms with E-state index < -0.39 is 5.82 Å². The van der Waals surface area contributed by atoms with Gasteiger partial charge in [-0.3, -0.25) is 19.2 Å². The second kappa shape index (κ2) is 29.2. The van der Waals surface area contributed by atoms with Crippen LogP contribution in [-0.4, -0.2) is 164 Å². The number of pyridine rings is 3. The number of halogens is 1. The number of carbonyl (C=O) groups is 4. The van der Waals surface area contributed by atoms with Gasteiger partial charge in [-0.25, -0.2) is 39.4 Å². The number of hydrogen-bond donors (Lipinski definition) is 0. The molecular formula is C69H62FN11O15. The van der Waals surface area contributed by atoms with Crippen molar-refractivity contribution in [1.82, 2.24) is 35.0 Å². The second-order valence-corrected chi connectivity index (χ2v) is 21.4. The molecule has 0 unspecified atom stereocenters. The molecule has 8 aromatic rings. The normalized spacial score (nSPS) is 14.9. The van der Waals surface area contributed by atoms with Crippen molar-refractivity contribution in [2.45, 2.75) is 25.7 Å². The molecule has 0 saturated carbocycles. The van der Waals surface area contributed by atoms with Gasteiger partial charge in [0.15, 0.2) is 46.0 Å². The Labute approximate surface area is 549 Å². The molecule has 0 atom stereocenters. The lowest BCUT2D eigenvalue weighted by molar-refractivity contribution is 0.0770. The molecule has 15 rings (SSSR count). The van der Waals surface area contributed by atoms with Gasteiger partial charge in [0.1, 0.15) is 5.82 Å². The molecule has 0 N–H and O–H groups in total. The van der Waals surface area contributed by atoms with Crippen LogP contribution in [-0.2, 0) is 0 Å². The van der Waals surface area contributed by atoms with Crippen molar-refractivity contribution in [2.24, 2.45) is 20.4 Å². The molecule has 96 heavy (non-hydrogen) atoms. The predicted molar refractivity (Wildman–Crippen MR) is 345 cm³/mol. The van der Waals surface area contributed by atoms with Crippen LogP contribution < -0.4 is 52.1 Å². The van der Waals surface area contributed by atoms with Gasteiger partial charge in [-0.15, -0.1) is 0 Å². The van der Waals surface area contributed by atoms with E-state index in [0.29, 0.717) is 132 Å². The van der Waals surface area contributed by atoms with Gasteiger partial charge in [0.25, 0.3) is 23.6 Å². The van der Waals surface area contributed by atoms with Crippen molar-refractivity contribution in [3.8, 4) is 63.6 Å². The SMILES string of the molecule is COc1ccc(C2=NN(C(=O)c3ccc4c(c3)OCO4)CC2)cc1OC.COc1ccc(C2=NN(C(=O)c3ccc4c(c3)OCO4)CC2)cn1.COc1ccc(C2=NN(C(=O)c3cccc(F)c3)CC2)cn1.COc1cccc(C2=NN(C(=O)c3ccc4c(c3)OCO4)CC2)n1. The topological polar surface area (TPSA) is 271 Å². The lowest BCUT2D eigenvalue weighted by Gasteiger charge is -2.11. The highest BCUT2D eigenvalue weighted by atomic mass is 19.1. The molecule has 0 aliphatic carbocycles. The quantitative estimate of drug-likeness (QED) is 0.104. The van der Waals surface area contributed by atoms with E-state index in [0.717, 1.165) is 45.2 Å².